The summed E-state index contributed by atoms with van der Waals surface area (Å²) in [6.45, 7) is 0.140. The van der Waals surface area contributed by atoms with E-state index in [1.165, 1.54) is 4.31 Å². The van der Waals surface area contributed by atoms with Gasteiger partial charge in [-0.3, -0.25) is 4.79 Å². The van der Waals surface area contributed by atoms with Gasteiger partial charge in [0.25, 0.3) is 0 Å². The molecule has 4 rings (SSSR count). The molecule has 1 N–H and O–H groups in total. The maximum absolute atomic E-state index is 13.3. The Balaban J connectivity index is 1.71. The van der Waals surface area contributed by atoms with Crippen LogP contribution >= 0.6 is 11.6 Å². The molecule has 0 aliphatic carbocycles. The average molecular weight is 427 g/mol. The van der Waals surface area contributed by atoms with Crippen LogP contribution in [0, 0.1) is 0 Å². The number of carbonyl (C=O) groups excluding carboxylic acids is 1. The van der Waals surface area contributed by atoms with Gasteiger partial charge in [-0.1, -0.05) is 60.1 Å². The van der Waals surface area contributed by atoms with E-state index in [9.17, 15) is 13.2 Å². The van der Waals surface area contributed by atoms with Crippen molar-refractivity contribution >= 4 is 33.2 Å². The first-order valence-corrected chi connectivity index (χ1v) is 11.0. The molecule has 1 aliphatic heterocycles. The molecule has 0 fully saturated rings. The maximum Gasteiger partial charge on any atom is 0.244 e. The number of amides is 1. The zero-order valence-corrected chi connectivity index (χ0v) is 17.0. The van der Waals surface area contributed by atoms with Crippen molar-refractivity contribution in [3.05, 3.63) is 95.0 Å². The Bertz CT molecular complexity index is 1150. The molecular formula is C22H19ClN2O3S. The number of rotatable bonds is 4. The van der Waals surface area contributed by atoms with E-state index in [-0.39, 0.29) is 17.3 Å². The molecule has 1 amide bonds. The number of carbonyl (C=O) groups is 1. The number of sulfonamides is 1. The first-order valence-electron chi connectivity index (χ1n) is 9.15. The first kappa shape index (κ1) is 19.6. The van der Waals surface area contributed by atoms with E-state index < -0.39 is 16.1 Å². The third-order valence-corrected chi connectivity index (χ3v) is 7.05. The minimum Gasteiger partial charge on any atom is -0.325 e. The van der Waals surface area contributed by atoms with Gasteiger partial charge in [0.2, 0.25) is 15.9 Å². The topological polar surface area (TPSA) is 66.5 Å². The van der Waals surface area contributed by atoms with Gasteiger partial charge in [0.15, 0.2) is 0 Å². The summed E-state index contributed by atoms with van der Waals surface area (Å²) in [6.07, 6.45) is 0.300. The Labute approximate surface area is 175 Å². The molecule has 0 radical (unpaired) electrons. The second kappa shape index (κ2) is 7.99. The van der Waals surface area contributed by atoms with Gasteiger partial charge in [0, 0.05) is 17.3 Å². The third-order valence-electron chi connectivity index (χ3n) is 4.95. The average Bonchev–Trinajstić information content (AvgIpc) is 2.73. The van der Waals surface area contributed by atoms with Gasteiger partial charge in [-0.05, 0) is 47.9 Å². The van der Waals surface area contributed by atoms with Crippen LogP contribution in [0.25, 0.3) is 0 Å². The number of nitrogens with zero attached hydrogens (tertiary/aromatic N) is 1. The number of anilines is 1. The molecule has 0 spiro atoms. The highest BCUT2D eigenvalue weighted by Crippen LogP contribution is 2.30. The smallest absolute Gasteiger partial charge is 0.244 e. The fourth-order valence-electron chi connectivity index (χ4n) is 3.49. The monoisotopic (exact) mass is 426 g/mol. The lowest BCUT2D eigenvalue weighted by Gasteiger charge is -2.35. The minimum absolute atomic E-state index is 0.140. The lowest BCUT2D eigenvalue weighted by Crippen LogP contribution is -2.50. The molecule has 7 heteroatoms. The minimum atomic E-state index is -3.85. The largest absolute Gasteiger partial charge is 0.325 e. The predicted molar refractivity (Wildman–Crippen MR) is 113 cm³/mol. The standard InChI is InChI=1S/C22H19ClN2O3S/c23-18-9-6-10-19(14-18)24-22(26)21-13-16-7-4-5-8-17(16)15-25(21)29(27,28)20-11-2-1-3-12-20/h1-12,14,21H,13,15H2,(H,24,26)/t21-/m0/s1. The van der Waals surface area contributed by atoms with Gasteiger partial charge in [0.05, 0.1) is 4.90 Å². The maximum atomic E-state index is 13.3. The summed E-state index contributed by atoms with van der Waals surface area (Å²) in [5, 5.41) is 3.30. The van der Waals surface area contributed by atoms with Crippen molar-refractivity contribution in [3.63, 3.8) is 0 Å². The van der Waals surface area contributed by atoms with Crippen LogP contribution in [-0.4, -0.2) is 24.7 Å². The number of fused-ring (bicyclic) bond motifs is 1. The SMILES string of the molecule is O=C(Nc1cccc(Cl)c1)[C@@H]1Cc2ccccc2CN1S(=O)(=O)c1ccccc1. The molecule has 0 unspecified atom stereocenters. The van der Waals surface area contributed by atoms with E-state index in [1.54, 1.807) is 54.6 Å². The van der Waals surface area contributed by atoms with E-state index in [1.807, 2.05) is 24.3 Å². The van der Waals surface area contributed by atoms with Gasteiger partial charge in [0.1, 0.15) is 6.04 Å². The molecule has 5 nitrogen and oxygen atoms in total. The summed E-state index contributed by atoms with van der Waals surface area (Å²) in [5.74, 6) is -0.388. The molecule has 3 aromatic carbocycles. The molecular weight excluding hydrogens is 408 g/mol. The van der Waals surface area contributed by atoms with Crippen LogP contribution in [0.5, 0.6) is 0 Å². The summed E-state index contributed by atoms with van der Waals surface area (Å²) in [4.78, 5) is 13.3. The molecule has 0 saturated carbocycles. The third kappa shape index (κ3) is 4.05. The Morgan fingerprint density at radius 2 is 1.62 bits per heavy atom. The molecule has 0 bridgehead atoms. The summed E-state index contributed by atoms with van der Waals surface area (Å²) in [7, 11) is -3.85. The summed E-state index contributed by atoms with van der Waals surface area (Å²) >= 11 is 6.00. The van der Waals surface area contributed by atoms with E-state index in [2.05, 4.69) is 5.32 Å². The van der Waals surface area contributed by atoms with Crippen molar-refractivity contribution in [1.29, 1.82) is 0 Å². The zero-order valence-electron chi connectivity index (χ0n) is 15.5. The van der Waals surface area contributed by atoms with Gasteiger partial charge < -0.3 is 5.32 Å². The van der Waals surface area contributed by atoms with Crippen molar-refractivity contribution < 1.29 is 13.2 Å². The van der Waals surface area contributed by atoms with Crippen LogP contribution in [0.2, 0.25) is 5.02 Å². The van der Waals surface area contributed by atoms with Crippen LogP contribution < -0.4 is 5.32 Å². The molecule has 1 aliphatic rings. The molecule has 1 heterocycles. The van der Waals surface area contributed by atoms with Crippen LogP contribution in [-0.2, 0) is 27.8 Å². The lowest BCUT2D eigenvalue weighted by molar-refractivity contribution is -0.120. The van der Waals surface area contributed by atoms with Crippen LogP contribution in [0.4, 0.5) is 5.69 Å². The number of hydrogen-bond donors (Lipinski definition) is 1. The summed E-state index contributed by atoms with van der Waals surface area (Å²) < 4.78 is 28.0. The number of halogens is 1. The first-order chi connectivity index (χ1) is 13.9. The van der Waals surface area contributed by atoms with Crippen LogP contribution in [0.3, 0.4) is 0 Å². The highest BCUT2D eigenvalue weighted by atomic mass is 35.5. The molecule has 0 aromatic heterocycles. The van der Waals surface area contributed by atoms with E-state index >= 15 is 0 Å². The highest BCUT2D eigenvalue weighted by Gasteiger charge is 2.39. The Morgan fingerprint density at radius 3 is 2.34 bits per heavy atom. The van der Waals surface area contributed by atoms with E-state index in [4.69, 9.17) is 11.6 Å². The number of hydrogen-bond acceptors (Lipinski definition) is 3. The van der Waals surface area contributed by atoms with Gasteiger partial charge in [-0.2, -0.15) is 4.31 Å². The predicted octanol–water partition coefficient (Wildman–Crippen LogP) is 4.09. The van der Waals surface area contributed by atoms with Crippen molar-refractivity contribution in [2.24, 2.45) is 0 Å². The van der Waals surface area contributed by atoms with Gasteiger partial charge in [-0.25, -0.2) is 8.42 Å². The molecule has 3 aromatic rings. The normalized spacial score (nSPS) is 16.8. The Hall–Kier alpha value is -2.67. The van der Waals surface area contributed by atoms with Crippen molar-refractivity contribution in [2.75, 3.05) is 5.32 Å². The van der Waals surface area contributed by atoms with Gasteiger partial charge in [-0.15, -0.1) is 0 Å². The Kier molecular flexibility index (Phi) is 5.41. The summed E-state index contributed by atoms with van der Waals surface area (Å²) in [5.41, 5.74) is 2.40. The lowest BCUT2D eigenvalue weighted by atomic mass is 9.95. The molecule has 1 atom stereocenters. The number of nitrogens with one attached hydrogen (secondary N) is 1. The van der Waals surface area contributed by atoms with Crippen LogP contribution in [0.1, 0.15) is 11.1 Å². The molecule has 29 heavy (non-hydrogen) atoms. The highest BCUT2D eigenvalue weighted by molar-refractivity contribution is 7.89. The second-order valence-electron chi connectivity index (χ2n) is 6.85. The van der Waals surface area contributed by atoms with E-state index in [0.29, 0.717) is 17.1 Å². The van der Waals surface area contributed by atoms with Crippen molar-refractivity contribution in [3.8, 4) is 0 Å². The fourth-order valence-corrected chi connectivity index (χ4v) is 5.27. The zero-order chi connectivity index (χ0) is 20.4. The molecule has 0 saturated heterocycles. The van der Waals surface area contributed by atoms with E-state index in [0.717, 1.165) is 11.1 Å². The quantitative estimate of drug-likeness (QED) is 0.683. The molecule has 148 valence electrons. The van der Waals surface area contributed by atoms with Crippen molar-refractivity contribution in [1.82, 2.24) is 4.31 Å². The summed E-state index contributed by atoms with van der Waals surface area (Å²) in [6, 6.07) is 21.7. The Morgan fingerprint density at radius 1 is 0.931 bits per heavy atom. The fraction of sp³-hybridized carbons (Fsp3) is 0.136. The second-order valence-corrected chi connectivity index (χ2v) is 9.18. The van der Waals surface area contributed by atoms with Crippen molar-refractivity contribution in [2.45, 2.75) is 23.9 Å². The van der Waals surface area contributed by atoms with Gasteiger partial charge >= 0.3 is 0 Å². The van der Waals surface area contributed by atoms with Crippen LogP contribution in [0.15, 0.2) is 83.8 Å². The number of benzene rings is 3.